The number of rotatable bonds is 7. The average Bonchev–Trinajstić information content (AvgIpc) is 3.52. The third-order valence-corrected chi connectivity index (χ3v) is 6.18. The van der Waals surface area contributed by atoms with Gasteiger partial charge >= 0.3 is 0 Å². The van der Waals surface area contributed by atoms with E-state index < -0.39 is 36.2 Å². The Labute approximate surface area is 201 Å². The van der Waals surface area contributed by atoms with E-state index in [1.54, 1.807) is 36.4 Å². The van der Waals surface area contributed by atoms with Crippen LogP contribution in [0.4, 0.5) is 8.78 Å². The molecule has 1 aromatic heterocycles. The second kappa shape index (κ2) is 10.3. The highest BCUT2D eigenvalue weighted by Gasteiger charge is 2.43. The fourth-order valence-electron chi connectivity index (χ4n) is 4.34. The van der Waals surface area contributed by atoms with Crippen LogP contribution in [0.5, 0.6) is 0 Å². The van der Waals surface area contributed by atoms with Gasteiger partial charge in [0, 0.05) is 6.42 Å². The van der Waals surface area contributed by atoms with Crippen LogP contribution >= 0.6 is 0 Å². The fourth-order valence-corrected chi connectivity index (χ4v) is 4.34. The zero-order valence-electron chi connectivity index (χ0n) is 19.4. The van der Waals surface area contributed by atoms with E-state index in [1.165, 1.54) is 12.3 Å². The number of nitrogens with zero attached hydrogens (tertiary/aromatic N) is 3. The van der Waals surface area contributed by atoms with Gasteiger partial charge in [-0.3, -0.25) is 9.59 Å². The molecule has 0 radical (unpaired) electrons. The van der Waals surface area contributed by atoms with E-state index in [0.29, 0.717) is 16.7 Å². The van der Waals surface area contributed by atoms with E-state index in [2.05, 4.69) is 20.7 Å². The van der Waals surface area contributed by atoms with E-state index >= 15 is 0 Å². The number of halogens is 2. The molecule has 1 unspecified atom stereocenters. The molecule has 0 spiro atoms. The van der Waals surface area contributed by atoms with Crippen molar-refractivity contribution in [3.8, 4) is 0 Å². The lowest BCUT2D eigenvalue weighted by molar-refractivity contribution is -0.145. The van der Waals surface area contributed by atoms with Gasteiger partial charge in [0.1, 0.15) is 23.7 Å². The molecule has 0 saturated carbocycles. The smallest absolute Gasteiger partial charge is 0.258 e. The van der Waals surface area contributed by atoms with E-state index in [9.17, 15) is 23.5 Å². The fraction of sp³-hybridized carbons (Fsp3) is 0.360. The molecule has 0 bridgehead atoms. The van der Waals surface area contributed by atoms with Crippen LogP contribution in [0, 0.1) is 5.82 Å². The number of aromatic nitrogens is 3. The molecule has 3 N–H and O–H groups in total. The second-order valence-electron chi connectivity index (χ2n) is 8.92. The molecule has 1 aliphatic rings. The van der Waals surface area contributed by atoms with E-state index in [-0.39, 0.29) is 30.4 Å². The highest BCUT2D eigenvalue weighted by molar-refractivity contribution is 5.90. The van der Waals surface area contributed by atoms with E-state index in [1.807, 2.05) is 19.9 Å². The number of alkyl halides is 1. The van der Waals surface area contributed by atoms with Crippen LogP contribution < -0.4 is 5.32 Å². The van der Waals surface area contributed by atoms with Crippen LogP contribution in [0.15, 0.2) is 54.7 Å². The zero-order chi connectivity index (χ0) is 25.1. The lowest BCUT2D eigenvalue weighted by Crippen LogP contribution is -2.48. The van der Waals surface area contributed by atoms with Crippen molar-refractivity contribution < 1.29 is 23.5 Å². The number of likely N-dealkylation sites (tertiary alicyclic amines) is 1. The van der Waals surface area contributed by atoms with Gasteiger partial charge in [-0.1, -0.05) is 56.3 Å². The number of aromatic amines is 1. The maximum atomic E-state index is 14.8. The number of carbonyl (C=O) groups excluding carboxylic acids is 2. The third-order valence-electron chi connectivity index (χ3n) is 6.18. The molecular weight excluding hydrogens is 456 g/mol. The van der Waals surface area contributed by atoms with Crippen molar-refractivity contribution in [3.63, 3.8) is 0 Å². The molecule has 1 fully saturated rings. The number of aliphatic hydroxyl groups is 1. The number of hydrogen-bond donors (Lipinski definition) is 3. The second-order valence-corrected chi connectivity index (χ2v) is 8.92. The minimum atomic E-state index is -1.68. The first kappa shape index (κ1) is 24.5. The molecule has 10 heteroatoms. The molecule has 184 valence electrons. The number of H-pyrrole nitrogens is 1. The van der Waals surface area contributed by atoms with E-state index in [0.717, 1.165) is 4.90 Å². The van der Waals surface area contributed by atoms with Crippen LogP contribution in [0.2, 0.25) is 0 Å². The lowest BCUT2D eigenvalue weighted by Gasteiger charge is -2.28. The molecule has 8 nitrogen and oxygen atoms in total. The molecule has 3 aromatic rings. The summed E-state index contributed by atoms with van der Waals surface area (Å²) in [5.41, 5.74) is 1.75. The Morgan fingerprint density at radius 1 is 1.17 bits per heavy atom. The Bertz CT molecular complexity index is 1170. The minimum absolute atomic E-state index is 0.00971. The van der Waals surface area contributed by atoms with Gasteiger partial charge in [0.05, 0.1) is 18.8 Å². The summed E-state index contributed by atoms with van der Waals surface area (Å²) in [6.45, 7) is 3.45. The minimum Gasteiger partial charge on any atom is -0.377 e. The van der Waals surface area contributed by atoms with Crippen LogP contribution in [-0.4, -0.2) is 56.0 Å². The van der Waals surface area contributed by atoms with Crippen LogP contribution in [-0.2, 0) is 9.59 Å². The first-order chi connectivity index (χ1) is 16.8. The molecule has 4 rings (SSSR count). The number of nitrogens with one attached hydrogen (secondary N) is 2. The number of amides is 2. The van der Waals surface area contributed by atoms with Gasteiger partial charge in [-0.2, -0.15) is 15.4 Å². The SMILES string of the molecule is CC(C)c1ccc([C@@H](NC(=O)[C@@H]2C[C@@H](F)CN2C(=O)C(O)c2cn[nH]n2)c2ccccc2)cc1F. The molecule has 2 amide bonds. The molecule has 35 heavy (non-hydrogen) atoms. The highest BCUT2D eigenvalue weighted by Crippen LogP contribution is 2.29. The van der Waals surface area contributed by atoms with Gasteiger partial charge in [0.2, 0.25) is 5.91 Å². The summed E-state index contributed by atoms with van der Waals surface area (Å²) in [7, 11) is 0. The molecule has 1 saturated heterocycles. The number of aliphatic hydroxyl groups excluding tert-OH is 1. The molecule has 4 atom stereocenters. The van der Waals surface area contributed by atoms with Crippen molar-refractivity contribution in [3.05, 3.63) is 82.9 Å². The first-order valence-corrected chi connectivity index (χ1v) is 11.4. The van der Waals surface area contributed by atoms with Crippen molar-refractivity contribution in [2.24, 2.45) is 0 Å². The Kier molecular flexibility index (Phi) is 7.20. The zero-order valence-corrected chi connectivity index (χ0v) is 19.4. The molecular formula is C25H27F2N5O3. The van der Waals surface area contributed by atoms with Crippen LogP contribution in [0.1, 0.15) is 60.7 Å². The van der Waals surface area contributed by atoms with Crippen molar-refractivity contribution in [2.45, 2.75) is 50.5 Å². The van der Waals surface area contributed by atoms with Crippen LogP contribution in [0.3, 0.4) is 0 Å². The topological polar surface area (TPSA) is 111 Å². The Balaban J connectivity index is 1.61. The van der Waals surface area contributed by atoms with Gasteiger partial charge in [0.15, 0.2) is 6.10 Å². The summed E-state index contributed by atoms with van der Waals surface area (Å²) in [6.07, 6.45) is -2.15. The van der Waals surface area contributed by atoms with Crippen molar-refractivity contribution in [2.75, 3.05) is 6.54 Å². The maximum absolute atomic E-state index is 14.8. The van der Waals surface area contributed by atoms with Crippen LogP contribution in [0.25, 0.3) is 0 Å². The summed E-state index contributed by atoms with van der Waals surface area (Å²) in [4.78, 5) is 27.2. The standard InChI is InChI=1S/C25H27F2N5O3/c1-14(2)18-9-8-16(10-19(18)27)22(15-6-4-3-5-7-15)29-24(34)21-11-17(26)13-32(21)25(35)23(33)20-12-28-31-30-20/h3-10,12,14,17,21-23,33H,11,13H2,1-2H3,(H,29,34)(H,28,30,31)/t17-,21+,22+,23?/m1/s1. The van der Waals surface area contributed by atoms with Crippen molar-refractivity contribution >= 4 is 11.8 Å². The number of carbonyl (C=O) groups is 2. The Morgan fingerprint density at radius 3 is 2.54 bits per heavy atom. The van der Waals surface area contributed by atoms with Gasteiger partial charge in [-0.05, 0) is 28.7 Å². The highest BCUT2D eigenvalue weighted by atomic mass is 19.1. The molecule has 2 heterocycles. The van der Waals surface area contributed by atoms with E-state index in [4.69, 9.17) is 0 Å². The number of hydrogen-bond acceptors (Lipinski definition) is 5. The van der Waals surface area contributed by atoms with Gasteiger partial charge < -0.3 is 15.3 Å². The number of benzene rings is 2. The largest absolute Gasteiger partial charge is 0.377 e. The summed E-state index contributed by atoms with van der Waals surface area (Å²) >= 11 is 0. The summed E-state index contributed by atoms with van der Waals surface area (Å²) in [5.74, 6) is -1.84. The third kappa shape index (κ3) is 5.22. The van der Waals surface area contributed by atoms with Gasteiger partial charge in [0.25, 0.3) is 5.91 Å². The predicted molar refractivity (Wildman–Crippen MR) is 123 cm³/mol. The lowest BCUT2D eigenvalue weighted by atomic mass is 9.94. The summed E-state index contributed by atoms with van der Waals surface area (Å²) < 4.78 is 29.2. The molecule has 2 aromatic carbocycles. The van der Waals surface area contributed by atoms with Crippen molar-refractivity contribution in [1.29, 1.82) is 0 Å². The quantitative estimate of drug-likeness (QED) is 0.479. The predicted octanol–water partition coefficient (Wildman–Crippen LogP) is 2.95. The Hall–Kier alpha value is -3.66. The average molecular weight is 484 g/mol. The monoisotopic (exact) mass is 483 g/mol. The molecule has 0 aliphatic carbocycles. The normalized spacial score (nSPS) is 19.5. The molecule has 1 aliphatic heterocycles. The van der Waals surface area contributed by atoms with Gasteiger partial charge in [-0.25, -0.2) is 8.78 Å². The van der Waals surface area contributed by atoms with Crippen molar-refractivity contribution in [1.82, 2.24) is 25.6 Å². The summed E-state index contributed by atoms with van der Waals surface area (Å²) in [5, 5.41) is 22.8. The summed E-state index contributed by atoms with van der Waals surface area (Å²) in [6, 6.07) is 12.0. The maximum Gasteiger partial charge on any atom is 0.258 e. The first-order valence-electron chi connectivity index (χ1n) is 11.4. The van der Waals surface area contributed by atoms with Gasteiger partial charge in [-0.15, -0.1) is 0 Å². The Morgan fingerprint density at radius 2 is 1.91 bits per heavy atom.